The number of halogens is 1. The van der Waals surface area contributed by atoms with Crippen molar-refractivity contribution in [3.05, 3.63) is 94.0 Å². The van der Waals surface area contributed by atoms with E-state index in [1.165, 1.54) is 4.31 Å². The number of sulfonamides is 1. The fourth-order valence-electron chi connectivity index (χ4n) is 3.17. The molecule has 0 saturated carbocycles. The van der Waals surface area contributed by atoms with E-state index in [0.29, 0.717) is 22.0 Å². The number of carbonyl (C=O) groups excluding carboxylic acids is 1. The summed E-state index contributed by atoms with van der Waals surface area (Å²) >= 11 is 6.09. The maximum atomic E-state index is 13.1. The summed E-state index contributed by atoms with van der Waals surface area (Å²) in [5, 5.41) is 2.64. The molecule has 0 unspecified atom stereocenters. The quantitative estimate of drug-likeness (QED) is 0.463. The lowest BCUT2D eigenvalue weighted by molar-refractivity contribution is 0.102. The van der Waals surface area contributed by atoms with Gasteiger partial charge in [-0.25, -0.2) is 8.42 Å². The number of aryl methyl sites for hydroxylation is 2. The van der Waals surface area contributed by atoms with Crippen molar-refractivity contribution in [2.45, 2.75) is 39.5 Å². The average molecular weight is 471 g/mol. The molecule has 0 bridgehead atoms. The summed E-state index contributed by atoms with van der Waals surface area (Å²) < 4.78 is 27.6. The van der Waals surface area contributed by atoms with Crippen molar-refractivity contribution in [1.82, 2.24) is 0 Å². The standard InChI is InChI=1S/C25H27ClN2O3S/c1-17(2)32(30,31)28(22-14-9-18(3)19(4)15-22)16-20-10-12-21(13-11-20)27-25(29)23-7-5-6-8-24(23)26/h5-15,17H,16H2,1-4H3,(H,27,29). The molecular formula is C25H27ClN2O3S. The van der Waals surface area contributed by atoms with Gasteiger partial charge in [0.1, 0.15) is 0 Å². The third kappa shape index (κ3) is 5.31. The van der Waals surface area contributed by atoms with E-state index in [1.807, 2.05) is 44.2 Å². The fourth-order valence-corrected chi connectivity index (χ4v) is 4.63. The van der Waals surface area contributed by atoms with Crippen LogP contribution in [-0.2, 0) is 16.6 Å². The average Bonchev–Trinajstić information content (AvgIpc) is 2.75. The molecule has 0 aliphatic heterocycles. The Balaban J connectivity index is 1.83. The minimum Gasteiger partial charge on any atom is -0.322 e. The Bertz CT molecular complexity index is 1220. The Morgan fingerprint density at radius 2 is 1.62 bits per heavy atom. The molecule has 32 heavy (non-hydrogen) atoms. The van der Waals surface area contributed by atoms with E-state index < -0.39 is 15.3 Å². The summed E-state index contributed by atoms with van der Waals surface area (Å²) in [6, 6.07) is 19.6. The minimum absolute atomic E-state index is 0.196. The predicted octanol–water partition coefficient (Wildman–Crippen LogP) is 5.95. The Morgan fingerprint density at radius 3 is 2.22 bits per heavy atom. The van der Waals surface area contributed by atoms with E-state index in [4.69, 9.17) is 11.6 Å². The molecular weight excluding hydrogens is 444 g/mol. The lowest BCUT2D eigenvalue weighted by atomic mass is 10.1. The van der Waals surface area contributed by atoms with Crippen molar-refractivity contribution in [3.8, 4) is 0 Å². The molecule has 5 nitrogen and oxygen atoms in total. The fraction of sp³-hybridized carbons (Fsp3) is 0.240. The van der Waals surface area contributed by atoms with Crippen LogP contribution in [0.15, 0.2) is 66.7 Å². The number of carbonyl (C=O) groups is 1. The van der Waals surface area contributed by atoms with Crippen molar-refractivity contribution < 1.29 is 13.2 Å². The maximum Gasteiger partial charge on any atom is 0.257 e. The third-order valence-corrected chi connectivity index (χ3v) is 7.81. The van der Waals surface area contributed by atoms with Gasteiger partial charge in [-0.1, -0.05) is 41.9 Å². The molecule has 168 valence electrons. The van der Waals surface area contributed by atoms with Crippen molar-refractivity contribution in [2.75, 3.05) is 9.62 Å². The molecule has 0 aromatic heterocycles. The van der Waals surface area contributed by atoms with E-state index in [2.05, 4.69) is 5.32 Å². The van der Waals surface area contributed by atoms with Crippen LogP contribution in [0.25, 0.3) is 0 Å². The predicted molar refractivity (Wildman–Crippen MR) is 132 cm³/mol. The topological polar surface area (TPSA) is 66.5 Å². The number of rotatable bonds is 7. The molecule has 1 amide bonds. The number of nitrogens with one attached hydrogen (secondary N) is 1. The van der Waals surface area contributed by atoms with Crippen LogP contribution in [-0.4, -0.2) is 19.6 Å². The van der Waals surface area contributed by atoms with Crippen molar-refractivity contribution in [1.29, 1.82) is 0 Å². The first-order valence-electron chi connectivity index (χ1n) is 10.3. The zero-order valence-electron chi connectivity index (χ0n) is 18.6. The highest BCUT2D eigenvalue weighted by molar-refractivity contribution is 7.93. The number of anilines is 2. The van der Waals surface area contributed by atoms with Gasteiger partial charge in [0.25, 0.3) is 5.91 Å². The van der Waals surface area contributed by atoms with Crippen molar-refractivity contribution in [3.63, 3.8) is 0 Å². The van der Waals surface area contributed by atoms with Gasteiger partial charge in [-0.15, -0.1) is 0 Å². The molecule has 3 rings (SSSR count). The van der Waals surface area contributed by atoms with E-state index in [9.17, 15) is 13.2 Å². The van der Waals surface area contributed by atoms with Crippen LogP contribution in [0.3, 0.4) is 0 Å². The molecule has 0 fully saturated rings. The van der Waals surface area contributed by atoms with Crippen LogP contribution < -0.4 is 9.62 Å². The Morgan fingerprint density at radius 1 is 0.969 bits per heavy atom. The van der Waals surface area contributed by atoms with Crippen LogP contribution in [0, 0.1) is 13.8 Å². The second-order valence-electron chi connectivity index (χ2n) is 8.00. The molecule has 0 radical (unpaired) electrons. The van der Waals surface area contributed by atoms with Gasteiger partial charge in [-0.2, -0.15) is 0 Å². The van der Waals surface area contributed by atoms with Crippen LogP contribution in [0.2, 0.25) is 5.02 Å². The molecule has 7 heteroatoms. The van der Waals surface area contributed by atoms with Gasteiger partial charge in [-0.05, 0) is 80.8 Å². The molecule has 0 saturated heterocycles. The van der Waals surface area contributed by atoms with Crippen LogP contribution in [0.4, 0.5) is 11.4 Å². The lowest BCUT2D eigenvalue weighted by Crippen LogP contribution is -2.36. The largest absolute Gasteiger partial charge is 0.322 e. The third-order valence-electron chi connectivity index (χ3n) is 5.34. The zero-order chi connectivity index (χ0) is 23.5. The van der Waals surface area contributed by atoms with Crippen molar-refractivity contribution in [2.24, 2.45) is 0 Å². The monoisotopic (exact) mass is 470 g/mol. The summed E-state index contributed by atoms with van der Waals surface area (Å²) in [5.41, 5.74) is 4.57. The Kier molecular flexibility index (Phi) is 7.26. The van der Waals surface area contributed by atoms with Gasteiger partial charge in [0.15, 0.2) is 0 Å². The lowest BCUT2D eigenvalue weighted by Gasteiger charge is -2.27. The van der Waals surface area contributed by atoms with E-state index >= 15 is 0 Å². The van der Waals surface area contributed by atoms with Gasteiger partial charge >= 0.3 is 0 Å². The number of hydrogen-bond acceptors (Lipinski definition) is 3. The van der Waals surface area contributed by atoms with Crippen LogP contribution >= 0.6 is 11.6 Å². The molecule has 0 heterocycles. The Hall–Kier alpha value is -2.83. The highest BCUT2D eigenvalue weighted by Gasteiger charge is 2.26. The molecule has 0 spiro atoms. The Labute approximate surface area is 195 Å². The number of hydrogen-bond donors (Lipinski definition) is 1. The molecule has 0 atom stereocenters. The van der Waals surface area contributed by atoms with Crippen LogP contribution in [0.1, 0.15) is 40.9 Å². The van der Waals surface area contributed by atoms with E-state index in [1.54, 1.807) is 50.2 Å². The van der Waals surface area contributed by atoms with Gasteiger partial charge in [-0.3, -0.25) is 9.10 Å². The van der Waals surface area contributed by atoms with Crippen molar-refractivity contribution >= 4 is 38.9 Å². The normalized spacial score (nSPS) is 11.4. The number of amides is 1. The van der Waals surface area contributed by atoms with Gasteiger partial charge in [0.2, 0.25) is 10.0 Å². The van der Waals surface area contributed by atoms with E-state index in [-0.39, 0.29) is 12.5 Å². The zero-order valence-corrected chi connectivity index (χ0v) is 20.2. The van der Waals surface area contributed by atoms with Gasteiger partial charge in [0.05, 0.1) is 28.1 Å². The summed E-state index contributed by atoms with van der Waals surface area (Å²) in [4.78, 5) is 12.5. The van der Waals surface area contributed by atoms with Gasteiger partial charge in [0, 0.05) is 5.69 Å². The molecule has 3 aromatic rings. The second kappa shape index (κ2) is 9.76. The first-order chi connectivity index (χ1) is 15.1. The smallest absolute Gasteiger partial charge is 0.257 e. The SMILES string of the molecule is Cc1ccc(N(Cc2ccc(NC(=O)c3ccccc3Cl)cc2)S(=O)(=O)C(C)C)cc1C. The second-order valence-corrected chi connectivity index (χ2v) is 10.8. The molecule has 1 N–H and O–H groups in total. The molecule has 3 aromatic carbocycles. The first-order valence-corrected chi connectivity index (χ1v) is 12.2. The maximum absolute atomic E-state index is 13.1. The summed E-state index contributed by atoms with van der Waals surface area (Å²) in [5.74, 6) is -0.303. The highest BCUT2D eigenvalue weighted by Crippen LogP contribution is 2.26. The summed E-state index contributed by atoms with van der Waals surface area (Å²) in [6.07, 6.45) is 0. The summed E-state index contributed by atoms with van der Waals surface area (Å²) in [7, 11) is -3.54. The summed E-state index contributed by atoms with van der Waals surface area (Å²) in [6.45, 7) is 7.51. The highest BCUT2D eigenvalue weighted by atomic mass is 35.5. The molecule has 0 aliphatic carbocycles. The number of nitrogens with zero attached hydrogens (tertiary/aromatic N) is 1. The first kappa shape index (κ1) is 23.8. The number of benzene rings is 3. The minimum atomic E-state index is -3.54. The van der Waals surface area contributed by atoms with Gasteiger partial charge < -0.3 is 5.32 Å². The molecule has 0 aliphatic rings. The van der Waals surface area contributed by atoms with E-state index in [0.717, 1.165) is 16.7 Å². The van der Waals surface area contributed by atoms with Crippen LogP contribution in [0.5, 0.6) is 0 Å².